The van der Waals surface area contributed by atoms with Gasteiger partial charge in [-0.3, -0.25) is 19.2 Å². The van der Waals surface area contributed by atoms with Gasteiger partial charge in [0.25, 0.3) is 0 Å². The highest BCUT2D eigenvalue weighted by Gasteiger charge is 2.74. The lowest BCUT2D eigenvalue weighted by Gasteiger charge is -2.59. The number of benzene rings is 3. The highest BCUT2D eigenvalue weighted by molar-refractivity contribution is 6.24. The number of carbonyl (C=O) groups excluding carboxylic acids is 4. The molecule has 1 aliphatic heterocycles. The number of para-hydroxylation sites is 1. The molecule has 0 unspecified atom stereocenters. The lowest BCUT2D eigenvalue weighted by molar-refractivity contribution is -0.149. The van der Waals surface area contributed by atoms with E-state index in [9.17, 15) is 19.2 Å². The maximum absolute atomic E-state index is 14.3. The van der Waals surface area contributed by atoms with Crippen LogP contribution < -0.4 is 4.90 Å². The van der Waals surface area contributed by atoms with Crippen molar-refractivity contribution in [3.05, 3.63) is 101 Å². The molecule has 0 saturated carbocycles. The van der Waals surface area contributed by atoms with Crippen LogP contribution in [0.2, 0.25) is 0 Å². The van der Waals surface area contributed by atoms with Crippen LogP contribution >= 0.6 is 0 Å². The third-order valence-corrected chi connectivity index (χ3v) is 8.17. The monoisotopic (exact) mass is 495 g/mol. The Morgan fingerprint density at radius 1 is 0.649 bits per heavy atom. The minimum atomic E-state index is -1.09. The van der Waals surface area contributed by atoms with E-state index >= 15 is 0 Å². The Morgan fingerprint density at radius 2 is 1.00 bits per heavy atom. The summed E-state index contributed by atoms with van der Waals surface area (Å²) >= 11 is 0. The predicted molar refractivity (Wildman–Crippen MR) is 134 cm³/mol. The maximum atomic E-state index is 14.3. The molecule has 7 rings (SSSR count). The van der Waals surface area contributed by atoms with Gasteiger partial charge >= 0.3 is 11.9 Å². The molecule has 7 heteroatoms. The normalized spacial score (nSPS) is 26.8. The van der Waals surface area contributed by atoms with E-state index in [4.69, 9.17) is 9.47 Å². The first-order valence-corrected chi connectivity index (χ1v) is 12.2. The molecule has 0 spiro atoms. The number of imide groups is 1. The fourth-order valence-corrected chi connectivity index (χ4v) is 6.90. The van der Waals surface area contributed by atoms with Gasteiger partial charge in [0.1, 0.15) is 13.2 Å². The standard InChI is InChI=1S/C30H25NO6/c1-18(32)36-16-29-21-12-6-8-14-23(21)30(17-37-19(2)33,24-15-9-7-13-22(24)29)26-25(29)27(34)31(28(26)35)20-10-4-3-5-11-20/h3-15,25-26H,16-17H2,1-2H3/t25-,26-,29?,30?/m0/s1. The summed E-state index contributed by atoms with van der Waals surface area (Å²) in [7, 11) is 0. The van der Waals surface area contributed by atoms with Crippen molar-refractivity contribution in [2.45, 2.75) is 24.7 Å². The lowest BCUT2D eigenvalue weighted by atomic mass is 9.42. The number of carbonyl (C=O) groups is 4. The Kier molecular flexibility index (Phi) is 5.09. The number of anilines is 1. The highest BCUT2D eigenvalue weighted by Crippen LogP contribution is 2.67. The van der Waals surface area contributed by atoms with E-state index in [1.807, 2.05) is 54.6 Å². The molecule has 2 bridgehead atoms. The van der Waals surface area contributed by atoms with Crippen molar-refractivity contribution in [3.8, 4) is 0 Å². The molecule has 3 aliphatic carbocycles. The van der Waals surface area contributed by atoms with Crippen LogP contribution in [0, 0.1) is 11.8 Å². The number of nitrogens with zero attached hydrogens (tertiary/aromatic N) is 1. The molecule has 4 aliphatic rings. The quantitative estimate of drug-likeness (QED) is 0.398. The van der Waals surface area contributed by atoms with Gasteiger partial charge in [-0.25, -0.2) is 4.90 Å². The van der Waals surface area contributed by atoms with Crippen molar-refractivity contribution in [2.24, 2.45) is 11.8 Å². The number of hydrogen-bond donors (Lipinski definition) is 0. The first kappa shape index (κ1) is 23.2. The van der Waals surface area contributed by atoms with Crippen LogP contribution in [-0.4, -0.2) is 37.0 Å². The molecule has 1 heterocycles. The van der Waals surface area contributed by atoms with Crippen LogP contribution in [-0.2, 0) is 39.5 Å². The second-order valence-electron chi connectivity index (χ2n) is 9.90. The summed E-state index contributed by atoms with van der Waals surface area (Å²) in [5, 5.41) is 0. The van der Waals surface area contributed by atoms with Crippen molar-refractivity contribution in [1.29, 1.82) is 0 Å². The maximum Gasteiger partial charge on any atom is 0.302 e. The molecule has 3 aromatic carbocycles. The molecule has 0 radical (unpaired) electrons. The molecule has 3 aromatic rings. The summed E-state index contributed by atoms with van der Waals surface area (Å²) in [6.07, 6.45) is 0. The Bertz CT molecular complexity index is 1320. The largest absolute Gasteiger partial charge is 0.465 e. The Balaban J connectivity index is 1.70. The second kappa shape index (κ2) is 8.13. The third kappa shape index (κ3) is 2.94. The van der Waals surface area contributed by atoms with E-state index in [2.05, 4.69) is 0 Å². The first-order valence-electron chi connectivity index (χ1n) is 12.2. The summed E-state index contributed by atoms with van der Waals surface area (Å²) in [5.41, 5.74) is 1.53. The van der Waals surface area contributed by atoms with Gasteiger partial charge in [-0.05, 0) is 34.4 Å². The Morgan fingerprint density at radius 3 is 1.35 bits per heavy atom. The van der Waals surface area contributed by atoms with Crippen LogP contribution in [0.5, 0.6) is 0 Å². The molecule has 1 saturated heterocycles. The topological polar surface area (TPSA) is 90.0 Å². The Labute approximate surface area is 214 Å². The van der Waals surface area contributed by atoms with Crippen molar-refractivity contribution in [2.75, 3.05) is 18.1 Å². The molecule has 37 heavy (non-hydrogen) atoms. The summed E-state index contributed by atoms with van der Waals surface area (Å²) in [6, 6.07) is 24.1. The smallest absolute Gasteiger partial charge is 0.302 e. The average molecular weight is 496 g/mol. The van der Waals surface area contributed by atoms with E-state index in [1.165, 1.54) is 18.7 Å². The molecule has 0 aromatic heterocycles. The van der Waals surface area contributed by atoms with E-state index in [0.29, 0.717) is 5.69 Å². The third-order valence-electron chi connectivity index (χ3n) is 8.17. The number of hydrogen-bond acceptors (Lipinski definition) is 6. The van der Waals surface area contributed by atoms with Crippen LogP contribution in [0.15, 0.2) is 78.9 Å². The van der Waals surface area contributed by atoms with Gasteiger partial charge in [0.15, 0.2) is 0 Å². The molecular weight excluding hydrogens is 470 g/mol. The van der Waals surface area contributed by atoms with Crippen LogP contribution in [0.3, 0.4) is 0 Å². The molecule has 2 atom stereocenters. The van der Waals surface area contributed by atoms with E-state index in [0.717, 1.165) is 22.3 Å². The summed E-state index contributed by atoms with van der Waals surface area (Å²) in [4.78, 5) is 54.1. The number of ether oxygens (including phenoxy) is 2. The molecular formula is C30H25NO6. The number of esters is 2. The molecule has 7 nitrogen and oxygen atoms in total. The summed E-state index contributed by atoms with van der Waals surface area (Å²) in [6.45, 7) is 2.48. The van der Waals surface area contributed by atoms with Gasteiger partial charge in [0.2, 0.25) is 11.8 Å². The van der Waals surface area contributed by atoms with Crippen molar-refractivity contribution < 1.29 is 28.7 Å². The first-order chi connectivity index (χ1) is 17.8. The Hall–Kier alpha value is -4.26. The molecule has 0 N–H and O–H groups in total. The zero-order chi connectivity index (χ0) is 25.9. The minimum Gasteiger partial charge on any atom is -0.465 e. The van der Waals surface area contributed by atoms with Crippen LogP contribution in [0.4, 0.5) is 5.69 Å². The van der Waals surface area contributed by atoms with Gasteiger partial charge in [0.05, 0.1) is 28.4 Å². The van der Waals surface area contributed by atoms with Crippen LogP contribution in [0.1, 0.15) is 36.1 Å². The zero-order valence-electron chi connectivity index (χ0n) is 20.5. The summed E-state index contributed by atoms with van der Waals surface area (Å²) < 4.78 is 11.3. The van der Waals surface area contributed by atoms with E-state index in [1.54, 1.807) is 24.3 Å². The second-order valence-corrected chi connectivity index (χ2v) is 9.90. The van der Waals surface area contributed by atoms with Crippen molar-refractivity contribution >= 4 is 29.4 Å². The number of rotatable bonds is 5. The number of amides is 2. The van der Waals surface area contributed by atoms with Gasteiger partial charge < -0.3 is 9.47 Å². The van der Waals surface area contributed by atoms with Gasteiger partial charge in [-0.1, -0.05) is 66.7 Å². The fraction of sp³-hybridized carbons (Fsp3) is 0.267. The van der Waals surface area contributed by atoms with Gasteiger partial charge in [-0.15, -0.1) is 0 Å². The van der Waals surface area contributed by atoms with Crippen molar-refractivity contribution in [1.82, 2.24) is 0 Å². The predicted octanol–water partition coefficient (Wildman–Crippen LogP) is 3.52. The van der Waals surface area contributed by atoms with E-state index < -0.39 is 34.6 Å². The van der Waals surface area contributed by atoms with Gasteiger partial charge in [-0.2, -0.15) is 0 Å². The summed E-state index contributed by atoms with van der Waals surface area (Å²) in [5.74, 6) is -3.38. The van der Waals surface area contributed by atoms with E-state index in [-0.39, 0.29) is 25.0 Å². The zero-order valence-corrected chi connectivity index (χ0v) is 20.5. The van der Waals surface area contributed by atoms with Crippen molar-refractivity contribution in [3.63, 3.8) is 0 Å². The highest BCUT2D eigenvalue weighted by atomic mass is 16.5. The van der Waals surface area contributed by atoms with Crippen LogP contribution in [0.25, 0.3) is 0 Å². The van der Waals surface area contributed by atoms with Gasteiger partial charge in [0, 0.05) is 13.8 Å². The SMILES string of the molecule is CC(=O)OCC12c3ccccc3C(COC(C)=O)(c3ccccc31)[C@@H]1C(=O)N(c3ccccc3)C(=O)[C@H]12. The molecule has 1 fully saturated rings. The molecule has 186 valence electrons. The minimum absolute atomic E-state index is 0.0944. The molecule has 2 amide bonds. The lowest BCUT2D eigenvalue weighted by Crippen LogP contribution is -2.64. The average Bonchev–Trinajstić information content (AvgIpc) is 3.18. The fourth-order valence-electron chi connectivity index (χ4n) is 6.90.